The smallest absolute Gasteiger partial charge is 0.315 e. The van der Waals surface area contributed by atoms with Gasteiger partial charge < -0.3 is 53.3 Å². The second-order valence-corrected chi connectivity index (χ2v) is 18.2. The Morgan fingerprint density at radius 2 is 1.53 bits per heavy atom. The number of aromatic amines is 1. The summed E-state index contributed by atoms with van der Waals surface area (Å²) in [5.74, 6) is -5.16. The molecule has 2 saturated heterocycles. The van der Waals surface area contributed by atoms with Gasteiger partial charge in [-0.15, -0.1) is 0 Å². The molecule has 2 aliphatic heterocycles. The van der Waals surface area contributed by atoms with E-state index in [-0.39, 0.29) is 62.0 Å². The average Bonchev–Trinajstić information content (AvgIpc) is 4.03. The molecule has 362 valence electrons. The van der Waals surface area contributed by atoms with E-state index >= 15 is 0 Å². The summed E-state index contributed by atoms with van der Waals surface area (Å²) >= 11 is 1.84. The van der Waals surface area contributed by atoms with Gasteiger partial charge in [-0.3, -0.25) is 43.6 Å². The monoisotopic (exact) mass is 940 g/mol. The van der Waals surface area contributed by atoms with Gasteiger partial charge in [0.2, 0.25) is 47.3 Å². The summed E-state index contributed by atoms with van der Waals surface area (Å²) in [6.07, 6.45) is 6.84. The zero-order valence-corrected chi connectivity index (χ0v) is 38.1. The highest BCUT2D eigenvalue weighted by molar-refractivity contribution is 8.00. The summed E-state index contributed by atoms with van der Waals surface area (Å²) in [6, 6.07) is 5.45. The number of carbonyl (C=O) groups is 9. The van der Waals surface area contributed by atoms with Crippen LogP contribution >= 0.6 is 11.8 Å². The van der Waals surface area contributed by atoms with Crippen LogP contribution in [0.2, 0.25) is 0 Å². The zero-order valence-electron chi connectivity index (χ0n) is 37.3. The van der Waals surface area contributed by atoms with Crippen molar-refractivity contribution in [3.8, 4) is 0 Å². The highest BCUT2D eigenvalue weighted by atomic mass is 32.2. The molecule has 3 heterocycles. The van der Waals surface area contributed by atoms with Crippen LogP contribution < -0.4 is 53.7 Å². The molecule has 0 radical (unpaired) electrons. The Morgan fingerprint density at radius 1 is 0.803 bits per heavy atom. The standard InChI is InChI=1S/C43H64N12O10S/c1-25(2)16-27(18-35(57)55-65)40(61)51-31(19-28-20-45-24-49-28)42(63)52-30(17-26-10-4-3-5-11-26)41(62)48-21-36(58)47-22-37(59)50-29(39(44)60)12-8-9-15-46-34(56)14-7-6-13-33-38-32(23-66-33)53-43(64)54-38/h3-5,10-11,20,24-25,27,29-33,38,65H,6-9,12-19,21-23H2,1-2H3,(H2,44,60)(H,45,49)(H,46,56)(H,47,58)(H,48,62)(H,50,59)(H,51,61)(H,52,63)(H,55,57)(H2,53,54,64)/t27?,29-,30-,31-,32-,33-,38-/m0/s1. The van der Waals surface area contributed by atoms with Gasteiger partial charge >= 0.3 is 6.03 Å². The molecule has 2 fully saturated rings. The number of rotatable bonds is 29. The molecule has 0 spiro atoms. The molecule has 2 aromatic rings. The molecule has 2 aliphatic rings. The molecule has 1 aromatic carbocycles. The van der Waals surface area contributed by atoms with Crippen molar-refractivity contribution >= 4 is 65.1 Å². The van der Waals surface area contributed by atoms with E-state index in [1.54, 1.807) is 30.3 Å². The zero-order chi connectivity index (χ0) is 48.0. The van der Waals surface area contributed by atoms with Crippen molar-refractivity contribution in [3.63, 3.8) is 0 Å². The molecule has 1 aromatic heterocycles. The fraction of sp³-hybridized carbons (Fsp3) is 0.581. The van der Waals surface area contributed by atoms with Crippen molar-refractivity contribution in [1.29, 1.82) is 0 Å². The van der Waals surface area contributed by atoms with E-state index in [1.807, 2.05) is 25.6 Å². The summed E-state index contributed by atoms with van der Waals surface area (Å²) in [5, 5.41) is 30.9. The number of unbranched alkanes of at least 4 members (excludes halogenated alkanes) is 2. The van der Waals surface area contributed by atoms with Crippen LogP contribution in [0.3, 0.4) is 0 Å². The molecule has 13 N–H and O–H groups in total. The normalized spacial score (nSPS) is 18.0. The Bertz CT molecular complexity index is 1960. The Labute approximate surface area is 387 Å². The first-order valence-electron chi connectivity index (χ1n) is 22.2. The third-order valence-corrected chi connectivity index (χ3v) is 12.6. The molecule has 1 unspecified atom stereocenters. The summed E-state index contributed by atoms with van der Waals surface area (Å²) in [6.45, 7) is 2.99. The molecule has 0 bridgehead atoms. The van der Waals surface area contributed by atoms with Crippen LogP contribution in [0.15, 0.2) is 42.9 Å². The largest absolute Gasteiger partial charge is 0.368 e. The molecule has 0 saturated carbocycles. The van der Waals surface area contributed by atoms with Crippen molar-refractivity contribution < 1.29 is 48.4 Å². The fourth-order valence-electron chi connectivity index (χ4n) is 7.69. The molecule has 66 heavy (non-hydrogen) atoms. The average molecular weight is 941 g/mol. The number of amides is 10. The highest BCUT2D eigenvalue weighted by Crippen LogP contribution is 2.33. The first-order chi connectivity index (χ1) is 31.6. The lowest BCUT2D eigenvalue weighted by atomic mass is 9.92. The maximum Gasteiger partial charge on any atom is 0.315 e. The van der Waals surface area contributed by atoms with E-state index in [9.17, 15) is 43.2 Å². The van der Waals surface area contributed by atoms with Crippen molar-refractivity contribution in [3.05, 3.63) is 54.1 Å². The van der Waals surface area contributed by atoms with Crippen LogP contribution in [0.5, 0.6) is 0 Å². The van der Waals surface area contributed by atoms with E-state index in [1.165, 1.54) is 18.0 Å². The van der Waals surface area contributed by atoms with E-state index < -0.39 is 78.5 Å². The summed E-state index contributed by atoms with van der Waals surface area (Å²) in [7, 11) is 0. The lowest BCUT2D eigenvalue weighted by Crippen LogP contribution is -2.56. The van der Waals surface area contributed by atoms with Crippen LogP contribution in [0.25, 0.3) is 0 Å². The molecular weight excluding hydrogens is 877 g/mol. The van der Waals surface area contributed by atoms with Crippen LogP contribution in [-0.4, -0.2) is 129 Å². The van der Waals surface area contributed by atoms with Crippen LogP contribution in [0, 0.1) is 11.8 Å². The third-order valence-electron chi connectivity index (χ3n) is 11.1. The van der Waals surface area contributed by atoms with Gasteiger partial charge in [-0.05, 0) is 50.0 Å². The number of fused-ring (bicyclic) bond motifs is 1. The van der Waals surface area contributed by atoms with Gasteiger partial charge in [0, 0.05) is 61.0 Å². The number of hydrogen-bond acceptors (Lipinski definition) is 12. The molecule has 0 aliphatic carbocycles. The lowest BCUT2D eigenvalue weighted by Gasteiger charge is -2.25. The van der Waals surface area contributed by atoms with Gasteiger partial charge in [0.15, 0.2) is 0 Å². The number of nitrogens with one attached hydrogen (secondary N) is 10. The number of thioether (sulfide) groups is 1. The van der Waals surface area contributed by atoms with Gasteiger partial charge in [0.1, 0.15) is 18.1 Å². The van der Waals surface area contributed by atoms with Gasteiger partial charge in [-0.25, -0.2) is 15.3 Å². The molecular formula is C43H64N12O10S. The molecule has 22 nitrogen and oxygen atoms in total. The minimum absolute atomic E-state index is 0.00315. The van der Waals surface area contributed by atoms with Gasteiger partial charge in [0.05, 0.1) is 31.5 Å². The number of hydrogen-bond donors (Lipinski definition) is 12. The van der Waals surface area contributed by atoms with Crippen LogP contribution in [-0.2, 0) is 51.2 Å². The van der Waals surface area contributed by atoms with E-state index in [0.717, 1.165) is 25.0 Å². The fourth-order valence-corrected chi connectivity index (χ4v) is 9.24. The molecule has 4 rings (SSSR count). The first-order valence-corrected chi connectivity index (χ1v) is 23.3. The Kier molecular flexibility index (Phi) is 21.7. The predicted octanol–water partition coefficient (Wildman–Crippen LogP) is -1.06. The third kappa shape index (κ3) is 18.3. The predicted molar refractivity (Wildman–Crippen MR) is 242 cm³/mol. The van der Waals surface area contributed by atoms with Crippen molar-refractivity contribution in [2.24, 2.45) is 17.6 Å². The van der Waals surface area contributed by atoms with E-state index in [0.29, 0.717) is 42.3 Å². The first kappa shape index (κ1) is 52.4. The maximum atomic E-state index is 13.9. The number of nitrogens with zero attached hydrogens (tertiary/aromatic N) is 1. The van der Waals surface area contributed by atoms with Gasteiger partial charge in [-0.1, -0.05) is 50.6 Å². The number of nitrogens with two attached hydrogens (primary N) is 1. The number of primary amides is 1. The number of carbonyl (C=O) groups excluding carboxylic acids is 9. The molecule has 7 atom stereocenters. The van der Waals surface area contributed by atoms with Gasteiger partial charge in [-0.2, -0.15) is 11.8 Å². The van der Waals surface area contributed by atoms with E-state index in [4.69, 9.17) is 10.9 Å². The van der Waals surface area contributed by atoms with Crippen molar-refractivity contribution in [1.82, 2.24) is 58.0 Å². The number of H-pyrrole nitrogens is 1. The Balaban J connectivity index is 1.21. The van der Waals surface area contributed by atoms with E-state index in [2.05, 4.69) is 52.5 Å². The second-order valence-electron chi connectivity index (χ2n) is 16.9. The number of benzene rings is 1. The molecule has 10 amide bonds. The summed E-state index contributed by atoms with van der Waals surface area (Å²) in [4.78, 5) is 121. The Hall–Kier alpha value is -6.23. The van der Waals surface area contributed by atoms with Crippen molar-refractivity contribution in [2.45, 2.75) is 120 Å². The lowest BCUT2D eigenvalue weighted by molar-refractivity contribution is -0.137. The quantitative estimate of drug-likeness (QED) is 0.0201. The summed E-state index contributed by atoms with van der Waals surface area (Å²) < 4.78 is 0. The molecule has 23 heteroatoms. The minimum Gasteiger partial charge on any atom is -0.368 e. The highest BCUT2D eigenvalue weighted by Gasteiger charge is 2.42. The van der Waals surface area contributed by atoms with Crippen molar-refractivity contribution in [2.75, 3.05) is 25.4 Å². The number of urea groups is 1. The topological polar surface area (TPSA) is 337 Å². The SMILES string of the molecule is CC(C)CC(CC(=O)NO)C(=O)N[C@@H](Cc1cnc[nH]1)C(=O)N[C@@H](Cc1ccccc1)C(=O)NCC(=O)NCC(=O)N[C@@H](CCCCNC(=O)CCCC[C@@H]1SC[C@@H]2NC(=O)N[C@@H]21)C(N)=O. The van der Waals surface area contributed by atoms with Crippen LogP contribution in [0.4, 0.5) is 4.79 Å². The number of imidazole rings is 1. The Morgan fingerprint density at radius 3 is 2.23 bits per heavy atom. The number of hydroxylamine groups is 1. The maximum absolute atomic E-state index is 13.9. The summed E-state index contributed by atoms with van der Waals surface area (Å²) in [5.41, 5.74) is 8.22. The minimum atomic E-state index is -1.23. The van der Waals surface area contributed by atoms with Crippen LogP contribution in [0.1, 0.15) is 82.9 Å². The van der Waals surface area contributed by atoms with Gasteiger partial charge in [0.25, 0.3) is 0 Å². The number of aromatic nitrogens is 2. The second kappa shape index (κ2) is 27.3.